The summed E-state index contributed by atoms with van der Waals surface area (Å²) in [6.07, 6.45) is 0.828. The first kappa shape index (κ1) is 26.0. The molecule has 0 bridgehead atoms. The third-order valence-corrected chi connectivity index (χ3v) is 6.12. The van der Waals surface area contributed by atoms with Crippen LogP contribution in [0.2, 0.25) is 0 Å². The second-order valence-corrected chi connectivity index (χ2v) is 8.65. The largest absolute Gasteiger partial charge is 0.394 e. The minimum absolute atomic E-state index is 0.291. The van der Waals surface area contributed by atoms with Crippen molar-refractivity contribution in [2.75, 3.05) is 19.7 Å². The summed E-state index contributed by atoms with van der Waals surface area (Å²) in [6, 6.07) is -0.228. The average Bonchev–Trinajstić information content (AvgIpc) is 2.76. The van der Waals surface area contributed by atoms with Gasteiger partial charge in [0.25, 0.3) is 0 Å². The number of hydrogen-bond donors (Lipinski definition) is 6. The van der Waals surface area contributed by atoms with Crippen LogP contribution in [0.4, 0.5) is 0 Å². The zero-order valence-corrected chi connectivity index (χ0v) is 18.8. The Balaban J connectivity index is 1.73. The first-order valence-electron chi connectivity index (χ1n) is 11.3. The highest BCUT2D eigenvalue weighted by Crippen LogP contribution is 2.27. The van der Waals surface area contributed by atoms with Crippen molar-refractivity contribution in [2.45, 2.75) is 95.7 Å². The van der Waals surface area contributed by atoms with Crippen molar-refractivity contribution >= 4 is 11.8 Å². The smallest absolute Gasteiger partial charge is 0.249 e. The van der Waals surface area contributed by atoms with E-state index in [1.165, 1.54) is 39.0 Å². The van der Waals surface area contributed by atoms with Gasteiger partial charge in [0.2, 0.25) is 11.8 Å². The van der Waals surface area contributed by atoms with E-state index in [2.05, 4.69) is 16.0 Å². The maximum Gasteiger partial charge on any atom is 0.249 e. The van der Waals surface area contributed by atoms with Crippen molar-refractivity contribution in [2.24, 2.45) is 5.92 Å². The minimum atomic E-state index is -1.23. The van der Waals surface area contributed by atoms with Crippen molar-refractivity contribution in [3.63, 3.8) is 0 Å². The number of amides is 2. The van der Waals surface area contributed by atoms with Gasteiger partial charge in [0.15, 0.2) is 6.29 Å². The van der Waals surface area contributed by atoms with Crippen molar-refractivity contribution in [3.05, 3.63) is 0 Å². The summed E-state index contributed by atoms with van der Waals surface area (Å²) in [7, 11) is 0. The van der Waals surface area contributed by atoms with Gasteiger partial charge in [-0.05, 0) is 26.7 Å². The van der Waals surface area contributed by atoms with Gasteiger partial charge in [-0.3, -0.25) is 9.59 Å². The van der Waals surface area contributed by atoms with Crippen molar-refractivity contribution < 1.29 is 34.4 Å². The van der Waals surface area contributed by atoms with Gasteiger partial charge in [0.05, 0.1) is 12.7 Å². The molecule has 1 aliphatic heterocycles. The lowest BCUT2D eigenvalue weighted by molar-refractivity contribution is -0.278. The van der Waals surface area contributed by atoms with Crippen LogP contribution in [-0.2, 0) is 19.1 Å². The molecule has 1 heterocycles. The first-order valence-corrected chi connectivity index (χ1v) is 11.3. The van der Waals surface area contributed by atoms with Gasteiger partial charge in [0, 0.05) is 25.0 Å². The van der Waals surface area contributed by atoms with Gasteiger partial charge in [-0.1, -0.05) is 26.2 Å². The van der Waals surface area contributed by atoms with Gasteiger partial charge < -0.3 is 40.7 Å². The lowest BCUT2D eigenvalue weighted by atomic mass is 9.92. The zero-order valence-electron chi connectivity index (χ0n) is 18.8. The van der Waals surface area contributed by atoms with E-state index < -0.39 is 55.2 Å². The molecule has 10 nitrogen and oxygen atoms in total. The van der Waals surface area contributed by atoms with Gasteiger partial charge in [-0.25, -0.2) is 0 Å². The van der Waals surface area contributed by atoms with Crippen LogP contribution in [0.5, 0.6) is 0 Å². The van der Waals surface area contributed by atoms with Crippen molar-refractivity contribution in [1.29, 1.82) is 0 Å². The predicted molar refractivity (Wildman–Crippen MR) is 113 cm³/mol. The summed E-state index contributed by atoms with van der Waals surface area (Å²) >= 11 is 0. The van der Waals surface area contributed by atoms with Crippen LogP contribution >= 0.6 is 0 Å². The quantitative estimate of drug-likeness (QED) is 0.235. The molecular weight excluding hydrogens is 406 g/mol. The molecular formula is C21H39N3O7. The van der Waals surface area contributed by atoms with E-state index in [4.69, 9.17) is 9.47 Å². The molecule has 3 unspecified atom stereocenters. The van der Waals surface area contributed by atoms with Gasteiger partial charge in [0.1, 0.15) is 24.4 Å². The predicted octanol–water partition coefficient (Wildman–Crippen LogP) is -0.990. The second-order valence-electron chi connectivity index (χ2n) is 8.65. The molecule has 31 heavy (non-hydrogen) atoms. The van der Waals surface area contributed by atoms with E-state index in [1.54, 1.807) is 13.8 Å². The standard InChI is InChI=1S/C21H39N3O7/c1-12-18(17(26)16(11-25)31-21(12)29)30-14(3)20(28)24-13(2)19(27)23-10-9-22-15-7-5-4-6-8-15/h12-18,21-22,25-26,29H,4-11H2,1-3H3,(H,23,27)(H,24,28)/t12-,13-,14+,16?,17?,18+,21?/m0/s1. The number of nitrogens with one attached hydrogen (secondary N) is 3. The molecule has 2 rings (SSSR count). The van der Waals surface area contributed by atoms with Crippen LogP contribution in [0.15, 0.2) is 0 Å². The Morgan fingerprint density at radius 1 is 1.10 bits per heavy atom. The highest BCUT2D eigenvalue weighted by Gasteiger charge is 2.44. The molecule has 0 spiro atoms. The Hall–Kier alpha value is -1.30. The second kappa shape index (κ2) is 12.7. The third kappa shape index (κ3) is 7.65. The lowest BCUT2D eigenvalue weighted by Crippen LogP contribution is -2.57. The SMILES string of the molecule is C[C@H](NC(=O)[C@@H](C)O[C@H]1C(O)C(CO)OC(O)[C@H]1C)C(=O)NCCNC1CCCCC1. The molecule has 0 aromatic rings. The molecule has 0 aromatic heterocycles. The van der Waals surface area contributed by atoms with Gasteiger partial charge >= 0.3 is 0 Å². The van der Waals surface area contributed by atoms with Gasteiger partial charge in [-0.15, -0.1) is 0 Å². The fourth-order valence-corrected chi connectivity index (χ4v) is 4.04. The number of rotatable bonds is 10. The fourth-order valence-electron chi connectivity index (χ4n) is 4.04. The summed E-state index contributed by atoms with van der Waals surface area (Å²) in [5.74, 6) is -1.41. The summed E-state index contributed by atoms with van der Waals surface area (Å²) in [5.41, 5.74) is 0. The van der Waals surface area contributed by atoms with Crippen LogP contribution in [-0.4, -0.2) is 89.6 Å². The Kier molecular flexibility index (Phi) is 10.6. The number of ether oxygens (including phenoxy) is 2. The summed E-state index contributed by atoms with van der Waals surface area (Å²) in [4.78, 5) is 24.7. The zero-order chi connectivity index (χ0) is 23.0. The third-order valence-electron chi connectivity index (χ3n) is 6.12. The molecule has 0 aromatic carbocycles. The highest BCUT2D eigenvalue weighted by molar-refractivity contribution is 5.88. The van der Waals surface area contributed by atoms with Crippen LogP contribution in [0.25, 0.3) is 0 Å². The van der Waals surface area contributed by atoms with Crippen molar-refractivity contribution in [3.8, 4) is 0 Å². The number of carbonyl (C=O) groups is 2. The Morgan fingerprint density at radius 3 is 2.42 bits per heavy atom. The number of aliphatic hydroxyl groups is 3. The topological polar surface area (TPSA) is 149 Å². The van der Waals surface area contributed by atoms with Crippen LogP contribution in [0.1, 0.15) is 52.9 Å². The molecule has 1 saturated carbocycles. The summed E-state index contributed by atoms with van der Waals surface area (Å²) < 4.78 is 10.8. The Labute approximate surface area is 184 Å². The Morgan fingerprint density at radius 2 is 1.77 bits per heavy atom. The number of carbonyl (C=O) groups excluding carboxylic acids is 2. The Bertz CT molecular complexity index is 573. The number of aliphatic hydroxyl groups excluding tert-OH is 3. The van der Waals surface area contributed by atoms with E-state index >= 15 is 0 Å². The monoisotopic (exact) mass is 445 g/mol. The molecule has 180 valence electrons. The maximum absolute atomic E-state index is 12.5. The van der Waals surface area contributed by atoms with Crippen LogP contribution < -0.4 is 16.0 Å². The normalized spacial score (nSPS) is 31.6. The van der Waals surface area contributed by atoms with Crippen LogP contribution in [0.3, 0.4) is 0 Å². The maximum atomic E-state index is 12.5. The molecule has 1 saturated heterocycles. The van der Waals surface area contributed by atoms with Crippen LogP contribution in [0, 0.1) is 5.92 Å². The molecule has 6 N–H and O–H groups in total. The molecule has 10 heteroatoms. The van der Waals surface area contributed by atoms with Gasteiger partial charge in [-0.2, -0.15) is 0 Å². The van der Waals surface area contributed by atoms with Crippen molar-refractivity contribution in [1.82, 2.24) is 16.0 Å². The minimum Gasteiger partial charge on any atom is -0.394 e. The molecule has 2 amide bonds. The lowest BCUT2D eigenvalue weighted by Gasteiger charge is -2.41. The molecule has 1 aliphatic carbocycles. The molecule has 2 fully saturated rings. The van der Waals surface area contributed by atoms with E-state index in [0.29, 0.717) is 19.1 Å². The summed E-state index contributed by atoms with van der Waals surface area (Å²) in [6.45, 7) is 5.39. The van der Waals surface area contributed by atoms with E-state index in [0.717, 1.165) is 0 Å². The fraction of sp³-hybridized carbons (Fsp3) is 0.905. The highest BCUT2D eigenvalue weighted by atomic mass is 16.6. The number of hydrogen-bond acceptors (Lipinski definition) is 8. The summed E-state index contributed by atoms with van der Waals surface area (Å²) in [5, 5.41) is 38.4. The first-order chi connectivity index (χ1) is 14.7. The molecule has 7 atom stereocenters. The van der Waals surface area contributed by atoms with E-state index in [-0.39, 0.29) is 5.91 Å². The molecule has 0 radical (unpaired) electrons. The van der Waals surface area contributed by atoms with E-state index in [9.17, 15) is 24.9 Å². The molecule has 2 aliphatic rings. The van der Waals surface area contributed by atoms with E-state index in [1.807, 2.05) is 0 Å². The average molecular weight is 446 g/mol.